The fourth-order valence-electron chi connectivity index (χ4n) is 5.95. The Morgan fingerprint density at radius 1 is 1.07 bits per heavy atom. The van der Waals surface area contributed by atoms with Crippen molar-refractivity contribution < 1.29 is 19.1 Å². The second-order valence-corrected chi connectivity index (χ2v) is 11.6. The van der Waals surface area contributed by atoms with Gasteiger partial charge in [0, 0.05) is 41.7 Å². The third kappa shape index (κ3) is 7.07. The zero-order valence-electron chi connectivity index (χ0n) is 24.5. The number of hydrogen-bond donors (Lipinski definition) is 3. The van der Waals surface area contributed by atoms with E-state index in [0.29, 0.717) is 29.2 Å². The molecule has 5 rings (SSSR count). The van der Waals surface area contributed by atoms with Gasteiger partial charge in [-0.05, 0) is 89.7 Å². The predicted octanol–water partition coefficient (Wildman–Crippen LogP) is 3.33. The van der Waals surface area contributed by atoms with Gasteiger partial charge in [0.25, 0.3) is 5.91 Å². The third-order valence-corrected chi connectivity index (χ3v) is 8.18. The number of aromatic nitrogens is 3. The van der Waals surface area contributed by atoms with Gasteiger partial charge in [0.15, 0.2) is 0 Å². The molecule has 2 fully saturated rings. The van der Waals surface area contributed by atoms with E-state index in [2.05, 4.69) is 29.7 Å². The molecule has 4 N–H and O–H groups in total. The van der Waals surface area contributed by atoms with Crippen LogP contribution in [0.3, 0.4) is 0 Å². The van der Waals surface area contributed by atoms with Crippen molar-refractivity contribution in [2.45, 2.75) is 70.9 Å². The van der Waals surface area contributed by atoms with Gasteiger partial charge in [0.05, 0.1) is 17.2 Å². The Morgan fingerprint density at radius 3 is 2.43 bits per heavy atom. The van der Waals surface area contributed by atoms with E-state index in [1.165, 1.54) is 31.4 Å². The minimum atomic E-state index is -0.557. The maximum atomic E-state index is 13.2. The summed E-state index contributed by atoms with van der Waals surface area (Å²) in [5.41, 5.74) is 8.02. The summed E-state index contributed by atoms with van der Waals surface area (Å²) in [5.74, 6) is -0.408. The first-order valence-electron chi connectivity index (χ1n) is 15.0. The molecule has 1 saturated heterocycles. The molecule has 2 aliphatic rings. The number of likely N-dealkylation sites (tertiary alicyclic amines) is 1. The van der Waals surface area contributed by atoms with Crippen molar-refractivity contribution in [3.8, 4) is 5.88 Å². The fourth-order valence-corrected chi connectivity index (χ4v) is 5.95. The molecule has 0 unspecified atom stereocenters. The number of nitrogens with zero attached hydrogens (tertiary/aromatic N) is 4. The predicted molar refractivity (Wildman–Crippen MR) is 159 cm³/mol. The molecule has 11 heteroatoms. The molecule has 1 aliphatic carbocycles. The minimum absolute atomic E-state index is 0.0319. The Bertz CT molecular complexity index is 1480. The van der Waals surface area contributed by atoms with Crippen molar-refractivity contribution in [2.24, 2.45) is 16.6 Å². The lowest BCUT2D eigenvalue weighted by atomic mass is 9.85. The van der Waals surface area contributed by atoms with E-state index in [9.17, 15) is 14.4 Å². The molecule has 0 bridgehead atoms. The molecule has 1 saturated carbocycles. The Kier molecular flexibility index (Phi) is 9.36. The van der Waals surface area contributed by atoms with Crippen LogP contribution in [0.4, 0.5) is 0 Å². The number of imidazole rings is 1. The molecule has 0 spiro atoms. The van der Waals surface area contributed by atoms with Gasteiger partial charge in [-0.2, -0.15) is 4.99 Å². The van der Waals surface area contributed by atoms with Crippen LogP contribution in [-0.4, -0.2) is 69.4 Å². The first-order valence-corrected chi connectivity index (χ1v) is 15.0. The quantitative estimate of drug-likeness (QED) is 0.357. The molecule has 0 atom stereocenters. The smallest absolute Gasteiger partial charge is 0.280 e. The molecular formula is C31H41N7O4. The average Bonchev–Trinajstić information content (AvgIpc) is 3.34. The van der Waals surface area contributed by atoms with E-state index in [1.807, 2.05) is 19.9 Å². The normalized spacial score (nSPS) is 20.1. The number of amides is 3. The van der Waals surface area contributed by atoms with E-state index < -0.39 is 11.8 Å². The van der Waals surface area contributed by atoms with E-state index in [4.69, 9.17) is 10.5 Å². The average molecular weight is 576 g/mol. The van der Waals surface area contributed by atoms with Crippen molar-refractivity contribution in [3.05, 3.63) is 53.3 Å². The summed E-state index contributed by atoms with van der Waals surface area (Å²) in [6, 6.07) is 8.18. The third-order valence-electron chi connectivity index (χ3n) is 8.18. The molecule has 0 radical (unpaired) electrons. The van der Waals surface area contributed by atoms with Crippen LogP contribution in [0, 0.1) is 5.92 Å². The molecule has 42 heavy (non-hydrogen) atoms. The minimum Gasteiger partial charge on any atom is -0.476 e. The van der Waals surface area contributed by atoms with E-state index in [0.717, 1.165) is 56.4 Å². The number of fused-ring (bicyclic) bond motifs is 1. The number of nitrogens with one attached hydrogen (secondary N) is 2. The lowest BCUT2D eigenvalue weighted by Gasteiger charge is -2.29. The number of pyridine rings is 1. The molecule has 3 heterocycles. The topological polar surface area (TPSA) is 148 Å². The number of benzene rings is 1. The van der Waals surface area contributed by atoms with Crippen LogP contribution < -0.4 is 21.4 Å². The molecule has 3 amide bonds. The van der Waals surface area contributed by atoms with Gasteiger partial charge in [-0.25, -0.2) is 4.98 Å². The van der Waals surface area contributed by atoms with Crippen LogP contribution >= 0.6 is 0 Å². The van der Waals surface area contributed by atoms with Crippen LogP contribution in [0.5, 0.6) is 5.88 Å². The summed E-state index contributed by atoms with van der Waals surface area (Å²) < 4.78 is 8.12. The zero-order valence-corrected chi connectivity index (χ0v) is 24.5. The van der Waals surface area contributed by atoms with Crippen molar-refractivity contribution in [2.75, 3.05) is 26.2 Å². The highest BCUT2D eigenvalue weighted by Crippen LogP contribution is 2.33. The monoisotopic (exact) mass is 575 g/mol. The number of nitrogens with two attached hydrogens (primary N) is 1. The van der Waals surface area contributed by atoms with Crippen LogP contribution in [0.1, 0.15) is 85.6 Å². The molecule has 2 aromatic heterocycles. The number of primary amides is 1. The van der Waals surface area contributed by atoms with Gasteiger partial charge in [-0.15, -0.1) is 0 Å². The zero-order chi connectivity index (χ0) is 29.6. The Morgan fingerprint density at radius 2 is 1.76 bits per heavy atom. The van der Waals surface area contributed by atoms with Crippen LogP contribution in [0.15, 0.2) is 41.5 Å². The molecule has 1 aliphatic heterocycles. The molecule has 11 nitrogen and oxygen atoms in total. The molecule has 1 aromatic carbocycles. The van der Waals surface area contributed by atoms with Crippen molar-refractivity contribution in [3.63, 3.8) is 0 Å². The molecular weight excluding hydrogens is 534 g/mol. The van der Waals surface area contributed by atoms with Crippen molar-refractivity contribution >= 4 is 28.8 Å². The van der Waals surface area contributed by atoms with Gasteiger partial charge in [-0.3, -0.25) is 19.3 Å². The number of hydrogen-bond acceptors (Lipinski definition) is 6. The summed E-state index contributed by atoms with van der Waals surface area (Å²) >= 11 is 0. The van der Waals surface area contributed by atoms with Gasteiger partial charge < -0.3 is 25.3 Å². The maximum absolute atomic E-state index is 13.2. The van der Waals surface area contributed by atoms with Gasteiger partial charge in [-0.1, -0.05) is 6.42 Å². The lowest BCUT2D eigenvalue weighted by Crippen LogP contribution is -2.38. The largest absolute Gasteiger partial charge is 0.476 e. The van der Waals surface area contributed by atoms with Crippen LogP contribution in [0.2, 0.25) is 0 Å². The van der Waals surface area contributed by atoms with E-state index in [-0.39, 0.29) is 23.9 Å². The number of piperidine rings is 1. The summed E-state index contributed by atoms with van der Waals surface area (Å²) in [5, 5.41) is 3.04. The maximum Gasteiger partial charge on any atom is 0.280 e. The number of aromatic amines is 1. The van der Waals surface area contributed by atoms with Crippen molar-refractivity contribution in [1.82, 2.24) is 24.8 Å². The number of carbonyl (C=O) groups is 3. The first kappa shape index (κ1) is 29.5. The Hall–Kier alpha value is -3.99. The number of H-pyrrole nitrogens is 1. The van der Waals surface area contributed by atoms with Gasteiger partial charge in [0.1, 0.15) is 6.61 Å². The summed E-state index contributed by atoms with van der Waals surface area (Å²) in [4.78, 5) is 52.0. The van der Waals surface area contributed by atoms with Crippen LogP contribution in [-0.2, 0) is 4.79 Å². The second kappa shape index (κ2) is 13.3. The van der Waals surface area contributed by atoms with E-state index >= 15 is 0 Å². The van der Waals surface area contributed by atoms with Crippen molar-refractivity contribution in [1.29, 1.82) is 0 Å². The Balaban J connectivity index is 1.42. The number of carbonyl (C=O) groups excluding carboxylic acids is 3. The first-order chi connectivity index (χ1) is 20.3. The summed E-state index contributed by atoms with van der Waals surface area (Å²) in [6.07, 6.45) is 8.50. The fraction of sp³-hybridized carbons (Fsp3) is 0.516. The highest BCUT2D eigenvalue weighted by atomic mass is 16.5. The van der Waals surface area contributed by atoms with Gasteiger partial charge >= 0.3 is 0 Å². The highest BCUT2D eigenvalue weighted by molar-refractivity contribution is 5.97. The molecule has 224 valence electrons. The summed E-state index contributed by atoms with van der Waals surface area (Å²) in [7, 11) is 0. The second-order valence-electron chi connectivity index (χ2n) is 11.6. The Labute approximate surface area is 245 Å². The summed E-state index contributed by atoms with van der Waals surface area (Å²) in [6.45, 7) is 7.57. The molecule has 3 aromatic rings. The van der Waals surface area contributed by atoms with Gasteiger partial charge in [0.2, 0.25) is 23.3 Å². The highest BCUT2D eigenvalue weighted by Gasteiger charge is 2.29. The SMILES string of the molecule is CC(C)NC(=O)C1CCC(n2c(=NC(=O)c3ccc(C(N)=O)cc3)[nH]c3cnc(OCCN4CCCCC4)cc32)CC1. The number of rotatable bonds is 9. The van der Waals surface area contributed by atoms with Crippen LogP contribution in [0.25, 0.3) is 11.0 Å². The lowest BCUT2D eigenvalue weighted by molar-refractivity contribution is -0.126. The number of ether oxygens (including phenoxy) is 1. The van der Waals surface area contributed by atoms with E-state index in [1.54, 1.807) is 18.3 Å². The standard InChI is InChI=1S/C31H41N7O4/c1-20(2)34-29(40)23-10-12-24(13-11-23)38-26-18-27(42-17-16-37-14-4-3-5-15-37)33-19-25(26)35-31(38)36-30(41)22-8-6-21(7-9-22)28(32)39/h6-9,18-20,23-24H,3-5,10-17H2,1-2H3,(H2,32,39)(H,34,40)(H,35,36,41).